The highest BCUT2D eigenvalue weighted by atomic mass is 79.9. The van der Waals surface area contributed by atoms with E-state index in [2.05, 4.69) is 34.9 Å². The lowest BCUT2D eigenvalue weighted by Gasteiger charge is -2.12. The van der Waals surface area contributed by atoms with E-state index in [-0.39, 0.29) is 0 Å². The predicted molar refractivity (Wildman–Crippen MR) is 90.3 cm³/mol. The molecule has 0 saturated heterocycles. The number of aryl methyl sites for hydroxylation is 2. The molecule has 0 atom stereocenters. The van der Waals surface area contributed by atoms with Gasteiger partial charge in [0.15, 0.2) is 0 Å². The molecule has 114 valence electrons. The molecule has 0 amide bonds. The topological polar surface area (TPSA) is 27.1 Å². The largest absolute Gasteiger partial charge is 0.485 e. The van der Waals surface area contributed by atoms with Crippen molar-refractivity contribution in [1.29, 1.82) is 0 Å². The van der Waals surface area contributed by atoms with Gasteiger partial charge in [-0.1, -0.05) is 30.7 Å². The van der Waals surface area contributed by atoms with E-state index < -0.39 is 0 Å². The van der Waals surface area contributed by atoms with E-state index in [1.807, 2.05) is 16.8 Å². The summed E-state index contributed by atoms with van der Waals surface area (Å²) in [6.45, 7) is 5.33. The van der Waals surface area contributed by atoms with Gasteiger partial charge in [-0.15, -0.1) is 11.6 Å². The Kier molecular flexibility index (Phi) is 5.97. The van der Waals surface area contributed by atoms with Crippen LogP contribution >= 0.6 is 39.1 Å². The molecule has 1 aromatic carbocycles. The van der Waals surface area contributed by atoms with Crippen molar-refractivity contribution in [1.82, 2.24) is 9.78 Å². The Labute approximate surface area is 143 Å². The van der Waals surface area contributed by atoms with E-state index >= 15 is 0 Å². The molecular weight excluding hydrogens is 375 g/mol. The second-order valence-electron chi connectivity index (χ2n) is 4.53. The fourth-order valence-electron chi connectivity index (χ4n) is 2.12. The van der Waals surface area contributed by atoms with Gasteiger partial charge in [-0.3, -0.25) is 4.68 Å². The molecule has 0 aliphatic heterocycles. The van der Waals surface area contributed by atoms with Gasteiger partial charge in [-0.05, 0) is 35.3 Å². The van der Waals surface area contributed by atoms with Crippen LogP contribution in [0, 0.1) is 0 Å². The van der Waals surface area contributed by atoms with Crippen LogP contribution in [0.1, 0.15) is 30.8 Å². The van der Waals surface area contributed by atoms with Crippen LogP contribution in [0.2, 0.25) is 5.02 Å². The van der Waals surface area contributed by atoms with E-state index in [4.69, 9.17) is 27.9 Å². The highest BCUT2D eigenvalue weighted by Gasteiger charge is 2.16. The van der Waals surface area contributed by atoms with E-state index in [1.165, 1.54) is 0 Å². The first-order valence-electron chi connectivity index (χ1n) is 6.82. The zero-order chi connectivity index (χ0) is 15.4. The summed E-state index contributed by atoms with van der Waals surface area (Å²) in [5.74, 6) is 1.01. The maximum absolute atomic E-state index is 6.20. The molecule has 0 aliphatic carbocycles. The highest BCUT2D eigenvalue weighted by molar-refractivity contribution is 9.10. The molecular formula is C15H17BrCl2N2O. The lowest BCUT2D eigenvalue weighted by Crippen LogP contribution is -2.07. The van der Waals surface area contributed by atoms with E-state index in [1.54, 1.807) is 6.07 Å². The molecule has 21 heavy (non-hydrogen) atoms. The molecule has 2 aromatic rings. The van der Waals surface area contributed by atoms with Crippen LogP contribution in [-0.2, 0) is 25.5 Å². The van der Waals surface area contributed by atoms with Gasteiger partial charge in [0, 0.05) is 12.1 Å². The summed E-state index contributed by atoms with van der Waals surface area (Å²) in [6.07, 6.45) is 0.875. The Morgan fingerprint density at radius 1 is 1.33 bits per heavy atom. The number of nitrogens with zero attached hydrogens (tertiary/aromatic N) is 2. The van der Waals surface area contributed by atoms with Crippen LogP contribution in [0.4, 0.5) is 0 Å². The van der Waals surface area contributed by atoms with Gasteiger partial charge in [0.25, 0.3) is 0 Å². The summed E-state index contributed by atoms with van der Waals surface area (Å²) < 4.78 is 8.87. The summed E-state index contributed by atoms with van der Waals surface area (Å²) >= 11 is 15.7. The number of ether oxygens (including phenoxy) is 1. The molecule has 0 N–H and O–H groups in total. The normalized spacial score (nSPS) is 10.9. The smallest absolute Gasteiger partial charge is 0.142 e. The Morgan fingerprint density at radius 3 is 2.71 bits per heavy atom. The zero-order valence-corrected chi connectivity index (χ0v) is 15.1. The van der Waals surface area contributed by atoms with Crippen LogP contribution in [0.15, 0.2) is 22.7 Å². The fraction of sp³-hybridized carbons (Fsp3) is 0.400. The zero-order valence-electron chi connectivity index (χ0n) is 12.0. The van der Waals surface area contributed by atoms with Crippen molar-refractivity contribution in [3.05, 3.63) is 44.6 Å². The van der Waals surface area contributed by atoms with Gasteiger partial charge in [-0.25, -0.2) is 0 Å². The van der Waals surface area contributed by atoms with Gasteiger partial charge in [0.2, 0.25) is 0 Å². The third-order valence-electron chi connectivity index (χ3n) is 3.24. The molecule has 0 saturated carbocycles. The maximum Gasteiger partial charge on any atom is 0.142 e. The summed E-state index contributed by atoms with van der Waals surface area (Å²) in [5.41, 5.74) is 2.93. The number of hydrogen-bond acceptors (Lipinski definition) is 2. The monoisotopic (exact) mass is 390 g/mol. The molecule has 1 heterocycles. The van der Waals surface area contributed by atoms with E-state index in [0.29, 0.717) is 23.3 Å². The van der Waals surface area contributed by atoms with Gasteiger partial charge < -0.3 is 4.74 Å². The SMILES string of the molecule is CCc1nn(CC)c(COc2c(Cl)cccc2CCl)c1Br. The van der Waals surface area contributed by atoms with Gasteiger partial charge in [-0.2, -0.15) is 5.10 Å². The lowest BCUT2D eigenvalue weighted by molar-refractivity contribution is 0.289. The number of alkyl halides is 1. The van der Waals surface area contributed by atoms with Crippen LogP contribution in [0.5, 0.6) is 5.75 Å². The van der Waals surface area contributed by atoms with Crippen molar-refractivity contribution in [2.24, 2.45) is 0 Å². The van der Waals surface area contributed by atoms with Crippen LogP contribution in [0.25, 0.3) is 0 Å². The number of rotatable bonds is 6. The first-order valence-corrected chi connectivity index (χ1v) is 8.53. The first kappa shape index (κ1) is 16.7. The molecule has 0 bridgehead atoms. The molecule has 0 unspecified atom stereocenters. The van der Waals surface area contributed by atoms with Crippen molar-refractivity contribution in [3.8, 4) is 5.75 Å². The first-order chi connectivity index (χ1) is 10.1. The van der Waals surface area contributed by atoms with E-state index in [0.717, 1.165) is 34.4 Å². The van der Waals surface area contributed by atoms with Crippen LogP contribution < -0.4 is 4.74 Å². The van der Waals surface area contributed by atoms with Gasteiger partial charge in [0.1, 0.15) is 12.4 Å². The van der Waals surface area contributed by atoms with Crippen molar-refractivity contribution < 1.29 is 4.74 Å². The third-order valence-corrected chi connectivity index (χ3v) is 4.74. The quantitative estimate of drug-likeness (QED) is 0.632. The molecule has 1 aromatic heterocycles. The predicted octanol–water partition coefficient (Wildman–Crippen LogP) is 5.20. The average Bonchev–Trinajstić information content (AvgIpc) is 2.81. The van der Waals surface area contributed by atoms with E-state index in [9.17, 15) is 0 Å². The third kappa shape index (κ3) is 3.55. The molecule has 0 spiro atoms. The van der Waals surface area contributed by atoms with Crippen molar-refractivity contribution >= 4 is 39.1 Å². The van der Waals surface area contributed by atoms with Gasteiger partial charge in [0.05, 0.1) is 26.8 Å². The molecule has 3 nitrogen and oxygen atoms in total. The second kappa shape index (κ2) is 7.52. The highest BCUT2D eigenvalue weighted by Crippen LogP contribution is 2.31. The van der Waals surface area contributed by atoms with Crippen molar-refractivity contribution in [2.45, 2.75) is 39.3 Å². The molecule has 0 radical (unpaired) electrons. The van der Waals surface area contributed by atoms with Gasteiger partial charge >= 0.3 is 0 Å². The number of halogens is 3. The number of para-hydroxylation sites is 1. The Bertz CT molecular complexity index is 628. The fourth-order valence-corrected chi connectivity index (χ4v) is 3.25. The lowest BCUT2D eigenvalue weighted by atomic mass is 10.2. The molecule has 6 heteroatoms. The minimum atomic E-state index is 0.365. The molecule has 2 rings (SSSR count). The Hall–Kier alpha value is -0.710. The Morgan fingerprint density at radius 2 is 2.10 bits per heavy atom. The minimum absolute atomic E-state index is 0.365. The van der Waals surface area contributed by atoms with Crippen LogP contribution in [0.3, 0.4) is 0 Å². The number of hydrogen-bond donors (Lipinski definition) is 0. The standard InChI is InChI=1S/C15H17BrCl2N2O/c1-3-12-14(16)13(20(4-2)19-12)9-21-15-10(8-17)6-5-7-11(15)18/h5-7H,3-4,8-9H2,1-2H3. The van der Waals surface area contributed by atoms with Crippen LogP contribution in [-0.4, -0.2) is 9.78 Å². The summed E-state index contributed by atoms with van der Waals surface area (Å²) in [7, 11) is 0. The number of benzene rings is 1. The second-order valence-corrected chi connectivity index (χ2v) is 5.99. The van der Waals surface area contributed by atoms with Crippen molar-refractivity contribution in [2.75, 3.05) is 0 Å². The maximum atomic E-state index is 6.20. The minimum Gasteiger partial charge on any atom is -0.485 e. The number of aromatic nitrogens is 2. The summed E-state index contributed by atoms with van der Waals surface area (Å²) in [4.78, 5) is 0. The van der Waals surface area contributed by atoms with Crippen molar-refractivity contribution in [3.63, 3.8) is 0 Å². The summed E-state index contributed by atoms with van der Waals surface area (Å²) in [6, 6.07) is 5.59. The summed E-state index contributed by atoms with van der Waals surface area (Å²) in [5, 5.41) is 5.13. The Balaban J connectivity index is 2.26. The molecule has 0 aliphatic rings. The average molecular weight is 392 g/mol. The molecule has 0 fully saturated rings.